The van der Waals surface area contributed by atoms with Crippen LogP contribution >= 0.6 is 23.2 Å². The number of likely N-dealkylation sites (N-methyl/N-ethyl adjacent to an activating group) is 1. The minimum atomic E-state index is -3.81. The van der Waals surface area contributed by atoms with Crippen LogP contribution in [0.1, 0.15) is 6.92 Å². The lowest BCUT2D eigenvalue weighted by molar-refractivity contribution is -0.116. The van der Waals surface area contributed by atoms with Crippen LogP contribution in [0.3, 0.4) is 0 Å². The summed E-state index contributed by atoms with van der Waals surface area (Å²) in [5.41, 5.74) is 0.251. The average molecular weight is 391 g/mol. The van der Waals surface area contributed by atoms with E-state index in [-0.39, 0.29) is 33.7 Å². The van der Waals surface area contributed by atoms with E-state index < -0.39 is 15.9 Å². The largest absolute Gasteiger partial charge is 0.322 e. The van der Waals surface area contributed by atoms with E-state index in [4.69, 9.17) is 23.2 Å². The van der Waals surface area contributed by atoms with Crippen LogP contribution in [0, 0.1) is 0 Å². The van der Waals surface area contributed by atoms with Gasteiger partial charge in [-0.2, -0.15) is 9.40 Å². The first kappa shape index (κ1) is 18.7. The summed E-state index contributed by atoms with van der Waals surface area (Å²) < 4.78 is 27.5. The zero-order chi connectivity index (χ0) is 17.9. The molecule has 1 aromatic heterocycles. The summed E-state index contributed by atoms with van der Waals surface area (Å²) in [7, 11) is -2.20. The molecule has 1 N–H and O–H groups in total. The summed E-state index contributed by atoms with van der Waals surface area (Å²) in [6.45, 7) is 1.40. The smallest absolute Gasteiger partial charge is 0.246 e. The third kappa shape index (κ3) is 4.07. The molecule has 2 aromatic rings. The van der Waals surface area contributed by atoms with Gasteiger partial charge in [0.25, 0.3) is 0 Å². The SMILES string of the molecule is CCN(CC(=O)Nc1c(Cl)cccc1Cl)S(=O)(=O)c1cnn(C)c1. The van der Waals surface area contributed by atoms with Gasteiger partial charge in [0.15, 0.2) is 0 Å². The first-order valence-corrected chi connectivity index (χ1v) is 9.18. The van der Waals surface area contributed by atoms with Crippen molar-refractivity contribution in [2.75, 3.05) is 18.4 Å². The number of halogens is 2. The van der Waals surface area contributed by atoms with Gasteiger partial charge in [0, 0.05) is 19.8 Å². The molecule has 0 aliphatic carbocycles. The highest BCUT2D eigenvalue weighted by Gasteiger charge is 2.26. The van der Waals surface area contributed by atoms with Crippen molar-refractivity contribution in [2.45, 2.75) is 11.8 Å². The molecule has 130 valence electrons. The Balaban J connectivity index is 2.17. The number of rotatable bonds is 6. The average Bonchev–Trinajstić information content (AvgIpc) is 2.96. The molecule has 0 atom stereocenters. The number of carbonyl (C=O) groups is 1. The van der Waals surface area contributed by atoms with Crippen LogP contribution in [0.15, 0.2) is 35.5 Å². The number of aryl methyl sites for hydroxylation is 1. The van der Waals surface area contributed by atoms with Crippen LogP contribution in [0.5, 0.6) is 0 Å². The van der Waals surface area contributed by atoms with E-state index in [1.807, 2.05) is 0 Å². The molecule has 0 saturated carbocycles. The van der Waals surface area contributed by atoms with Crippen LogP contribution in [0.4, 0.5) is 5.69 Å². The standard InChI is InChI=1S/C14H16Cl2N4O3S/c1-3-20(24(22,23)10-7-17-19(2)8-10)9-13(21)18-14-11(15)5-4-6-12(14)16/h4-8H,3,9H2,1-2H3,(H,18,21). The number of para-hydroxylation sites is 1. The predicted octanol–water partition coefficient (Wildman–Crippen LogP) is 2.38. The lowest BCUT2D eigenvalue weighted by atomic mass is 10.3. The molecule has 0 aliphatic rings. The number of amides is 1. The van der Waals surface area contributed by atoms with Crippen molar-refractivity contribution in [1.82, 2.24) is 14.1 Å². The van der Waals surface area contributed by atoms with Gasteiger partial charge in [-0.3, -0.25) is 9.48 Å². The predicted molar refractivity (Wildman–Crippen MR) is 92.7 cm³/mol. The minimum absolute atomic E-state index is 0.0235. The van der Waals surface area contributed by atoms with Crippen molar-refractivity contribution >= 4 is 44.8 Å². The summed E-state index contributed by atoms with van der Waals surface area (Å²) in [6, 6.07) is 4.80. The number of anilines is 1. The number of nitrogens with one attached hydrogen (secondary N) is 1. The summed E-state index contributed by atoms with van der Waals surface area (Å²) >= 11 is 12.0. The first-order valence-electron chi connectivity index (χ1n) is 6.98. The normalized spacial score (nSPS) is 11.7. The number of hydrogen-bond acceptors (Lipinski definition) is 4. The second kappa shape index (κ2) is 7.52. The van der Waals surface area contributed by atoms with Gasteiger partial charge in [-0.1, -0.05) is 36.2 Å². The molecule has 0 aliphatic heterocycles. The van der Waals surface area contributed by atoms with Crippen molar-refractivity contribution < 1.29 is 13.2 Å². The molecule has 1 amide bonds. The Morgan fingerprint density at radius 1 is 1.33 bits per heavy atom. The third-order valence-corrected chi connectivity index (χ3v) is 5.72. The highest BCUT2D eigenvalue weighted by Crippen LogP contribution is 2.29. The maximum atomic E-state index is 12.5. The van der Waals surface area contributed by atoms with Gasteiger partial charge in [-0.15, -0.1) is 0 Å². The minimum Gasteiger partial charge on any atom is -0.322 e. The Kier molecular flexibility index (Phi) is 5.87. The number of sulfonamides is 1. The number of nitrogens with zero attached hydrogens (tertiary/aromatic N) is 3. The van der Waals surface area contributed by atoms with E-state index in [9.17, 15) is 13.2 Å². The second-order valence-electron chi connectivity index (χ2n) is 4.93. The molecule has 10 heteroatoms. The summed E-state index contributed by atoms with van der Waals surface area (Å²) in [5, 5.41) is 6.93. The number of hydrogen-bond donors (Lipinski definition) is 1. The maximum Gasteiger partial charge on any atom is 0.246 e. The third-order valence-electron chi connectivity index (χ3n) is 3.22. The second-order valence-corrected chi connectivity index (χ2v) is 7.68. The van der Waals surface area contributed by atoms with Crippen LogP contribution < -0.4 is 5.32 Å². The van der Waals surface area contributed by atoms with E-state index in [2.05, 4.69) is 10.4 Å². The first-order chi connectivity index (χ1) is 11.3. The number of benzene rings is 1. The topological polar surface area (TPSA) is 84.3 Å². The van der Waals surface area contributed by atoms with Crippen LogP contribution in [-0.4, -0.2) is 41.5 Å². The quantitative estimate of drug-likeness (QED) is 0.820. The Hall–Kier alpha value is -1.61. The van der Waals surface area contributed by atoms with E-state index in [1.54, 1.807) is 32.2 Å². The lowest BCUT2D eigenvalue weighted by Gasteiger charge is -2.19. The molecule has 0 bridgehead atoms. The molecular weight excluding hydrogens is 375 g/mol. The molecule has 0 radical (unpaired) electrons. The van der Waals surface area contributed by atoms with E-state index in [1.165, 1.54) is 17.1 Å². The Morgan fingerprint density at radius 2 is 1.96 bits per heavy atom. The van der Waals surface area contributed by atoms with Crippen molar-refractivity contribution in [1.29, 1.82) is 0 Å². The van der Waals surface area contributed by atoms with E-state index >= 15 is 0 Å². The van der Waals surface area contributed by atoms with Crippen molar-refractivity contribution in [3.8, 4) is 0 Å². The summed E-state index contributed by atoms with van der Waals surface area (Å²) in [6.07, 6.45) is 2.61. The summed E-state index contributed by atoms with van der Waals surface area (Å²) in [5.74, 6) is -0.542. The monoisotopic (exact) mass is 390 g/mol. The van der Waals surface area contributed by atoms with Crippen LogP contribution in [0.2, 0.25) is 10.0 Å². The molecule has 0 fully saturated rings. The van der Waals surface area contributed by atoms with Crippen LogP contribution in [-0.2, 0) is 21.9 Å². The zero-order valence-electron chi connectivity index (χ0n) is 13.0. The Bertz CT molecular complexity index is 831. The molecule has 24 heavy (non-hydrogen) atoms. The maximum absolute atomic E-state index is 12.5. The fourth-order valence-corrected chi connectivity index (χ4v) is 3.89. The highest BCUT2D eigenvalue weighted by atomic mass is 35.5. The molecule has 1 aromatic carbocycles. The molecule has 2 rings (SSSR count). The fraction of sp³-hybridized carbons (Fsp3) is 0.286. The van der Waals surface area contributed by atoms with E-state index in [0.29, 0.717) is 0 Å². The molecular formula is C14H16Cl2N4O3S. The van der Waals surface area contributed by atoms with Gasteiger partial charge in [-0.25, -0.2) is 8.42 Å². The molecule has 1 heterocycles. The van der Waals surface area contributed by atoms with Crippen molar-refractivity contribution in [3.05, 3.63) is 40.6 Å². The van der Waals surface area contributed by atoms with Gasteiger partial charge in [0.2, 0.25) is 15.9 Å². The van der Waals surface area contributed by atoms with Gasteiger partial charge in [0.05, 0.1) is 28.5 Å². The molecule has 7 nitrogen and oxygen atoms in total. The van der Waals surface area contributed by atoms with Crippen molar-refractivity contribution in [3.63, 3.8) is 0 Å². The zero-order valence-corrected chi connectivity index (χ0v) is 15.4. The molecule has 0 unspecified atom stereocenters. The Morgan fingerprint density at radius 3 is 2.46 bits per heavy atom. The molecule has 0 saturated heterocycles. The fourth-order valence-electron chi connectivity index (χ4n) is 2.00. The van der Waals surface area contributed by atoms with Crippen molar-refractivity contribution in [2.24, 2.45) is 7.05 Å². The molecule has 0 spiro atoms. The number of aromatic nitrogens is 2. The highest BCUT2D eigenvalue weighted by molar-refractivity contribution is 7.89. The number of carbonyl (C=O) groups excluding carboxylic acids is 1. The Labute approximate surface area is 150 Å². The van der Waals surface area contributed by atoms with Gasteiger partial charge in [-0.05, 0) is 12.1 Å². The summed E-state index contributed by atoms with van der Waals surface area (Å²) in [4.78, 5) is 12.2. The van der Waals surface area contributed by atoms with Gasteiger partial charge >= 0.3 is 0 Å². The van der Waals surface area contributed by atoms with Gasteiger partial charge in [0.1, 0.15) is 4.90 Å². The van der Waals surface area contributed by atoms with E-state index in [0.717, 1.165) is 4.31 Å². The lowest BCUT2D eigenvalue weighted by Crippen LogP contribution is -2.37. The van der Waals surface area contributed by atoms with Gasteiger partial charge < -0.3 is 5.32 Å². The van der Waals surface area contributed by atoms with Crippen LogP contribution in [0.25, 0.3) is 0 Å².